The molecule has 0 saturated carbocycles. The Kier molecular flexibility index (Phi) is 5.79. The Balaban J connectivity index is 1.83. The van der Waals surface area contributed by atoms with E-state index < -0.39 is 6.10 Å². The molecule has 146 valence electrons. The Bertz CT molecular complexity index is 949. The molecule has 0 fully saturated rings. The van der Waals surface area contributed by atoms with Crippen LogP contribution in [-0.2, 0) is 10.2 Å². The van der Waals surface area contributed by atoms with Gasteiger partial charge in [-0.15, -0.1) is 0 Å². The Morgan fingerprint density at radius 3 is 2.43 bits per heavy atom. The highest BCUT2D eigenvalue weighted by Crippen LogP contribution is 2.25. The predicted octanol–water partition coefficient (Wildman–Crippen LogP) is 4.13. The van der Waals surface area contributed by atoms with Gasteiger partial charge in [-0.3, -0.25) is 4.79 Å². The number of carbonyl (C=O) groups excluding carboxylic acids is 1. The van der Waals surface area contributed by atoms with Crippen LogP contribution in [0.1, 0.15) is 33.4 Å². The molecule has 1 N–H and O–H groups in total. The maximum Gasteiger partial charge on any atom is 0.266 e. The second-order valence-electron chi connectivity index (χ2n) is 7.33. The Labute approximate surface area is 172 Å². The summed E-state index contributed by atoms with van der Waals surface area (Å²) in [4.78, 5) is 21.2. The van der Waals surface area contributed by atoms with Crippen molar-refractivity contribution >= 4 is 27.7 Å². The van der Waals surface area contributed by atoms with E-state index in [9.17, 15) is 4.79 Å². The van der Waals surface area contributed by atoms with Crippen molar-refractivity contribution in [3.8, 4) is 11.7 Å². The average Bonchev–Trinajstić information content (AvgIpc) is 3.08. The third-order valence-corrected chi connectivity index (χ3v) is 4.50. The first-order chi connectivity index (χ1) is 13.2. The van der Waals surface area contributed by atoms with Crippen molar-refractivity contribution in [3.05, 3.63) is 59.0 Å². The highest BCUT2D eigenvalue weighted by atomic mass is 79.9. The van der Waals surface area contributed by atoms with E-state index in [1.807, 2.05) is 18.2 Å². The minimum absolute atomic E-state index is 0.195. The number of hydrogen-bond acceptors (Lipinski definition) is 5. The lowest BCUT2D eigenvalue weighted by molar-refractivity contribution is -0.122. The van der Waals surface area contributed by atoms with Gasteiger partial charge < -0.3 is 10.1 Å². The van der Waals surface area contributed by atoms with Gasteiger partial charge in [0.2, 0.25) is 0 Å². The molecule has 3 aromatic rings. The van der Waals surface area contributed by atoms with Crippen LogP contribution >= 0.6 is 15.9 Å². The SMILES string of the molecule is CC(Oc1ccc(Br)cc1)C(=O)Nc1cc(C(C)(C)C)nn1-c1ncccn1. The van der Waals surface area contributed by atoms with Gasteiger partial charge in [-0.2, -0.15) is 9.78 Å². The second kappa shape index (κ2) is 8.10. The number of anilines is 1. The molecular weight excluding hydrogens is 422 g/mol. The molecule has 0 saturated heterocycles. The van der Waals surface area contributed by atoms with E-state index in [0.717, 1.165) is 10.2 Å². The molecule has 1 unspecified atom stereocenters. The molecule has 7 nitrogen and oxygen atoms in total. The third kappa shape index (κ3) is 4.75. The number of rotatable bonds is 5. The van der Waals surface area contributed by atoms with E-state index in [4.69, 9.17) is 4.74 Å². The van der Waals surface area contributed by atoms with Gasteiger partial charge in [0.15, 0.2) is 6.10 Å². The van der Waals surface area contributed by atoms with Crippen LogP contribution in [0.15, 0.2) is 53.3 Å². The molecule has 2 heterocycles. The molecule has 0 spiro atoms. The van der Waals surface area contributed by atoms with E-state index in [-0.39, 0.29) is 11.3 Å². The zero-order chi connectivity index (χ0) is 20.3. The highest BCUT2D eigenvalue weighted by Gasteiger charge is 2.24. The minimum Gasteiger partial charge on any atom is -0.481 e. The Morgan fingerprint density at radius 2 is 1.82 bits per heavy atom. The van der Waals surface area contributed by atoms with Crippen LogP contribution in [0.25, 0.3) is 5.95 Å². The number of benzene rings is 1. The van der Waals surface area contributed by atoms with Gasteiger partial charge in [-0.1, -0.05) is 36.7 Å². The van der Waals surface area contributed by atoms with Gasteiger partial charge >= 0.3 is 0 Å². The van der Waals surface area contributed by atoms with Crippen molar-refractivity contribution in [2.75, 3.05) is 5.32 Å². The van der Waals surface area contributed by atoms with Crippen LogP contribution in [0.3, 0.4) is 0 Å². The van der Waals surface area contributed by atoms with Crippen LogP contribution in [0.2, 0.25) is 0 Å². The fourth-order valence-corrected chi connectivity index (χ4v) is 2.65. The first-order valence-corrected chi connectivity index (χ1v) is 9.64. The van der Waals surface area contributed by atoms with E-state index in [1.165, 1.54) is 4.68 Å². The molecular formula is C20H22BrN5O2. The number of hydrogen-bond donors (Lipinski definition) is 1. The summed E-state index contributed by atoms with van der Waals surface area (Å²) in [5, 5.41) is 7.47. The van der Waals surface area contributed by atoms with E-state index in [0.29, 0.717) is 17.5 Å². The van der Waals surface area contributed by atoms with Crippen molar-refractivity contribution in [1.29, 1.82) is 0 Å². The maximum absolute atomic E-state index is 12.7. The Morgan fingerprint density at radius 1 is 1.18 bits per heavy atom. The minimum atomic E-state index is -0.695. The summed E-state index contributed by atoms with van der Waals surface area (Å²) in [6, 6.07) is 10.9. The first kappa shape index (κ1) is 20.0. The molecule has 2 aromatic heterocycles. The van der Waals surface area contributed by atoms with Gasteiger partial charge in [-0.25, -0.2) is 9.97 Å². The lowest BCUT2D eigenvalue weighted by atomic mass is 9.92. The standard InChI is InChI=1S/C20H22BrN5O2/c1-13(28-15-8-6-14(21)7-9-15)18(27)24-17-12-16(20(2,3)4)25-26(17)19-22-10-5-11-23-19/h5-13H,1-4H3,(H,24,27). The third-order valence-electron chi connectivity index (χ3n) is 3.97. The zero-order valence-electron chi connectivity index (χ0n) is 16.2. The molecule has 3 rings (SSSR count). The first-order valence-electron chi connectivity index (χ1n) is 8.85. The van der Waals surface area contributed by atoms with Crippen LogP contribution in [0, 0.1) is 0 Å². The van der Waals surface area contributed by atoms with Crippen LogP contribution in [0.5, 0.6) is 5.75 Å². The number of aromatic nitrogens is 4. The molecule has 0 aliphatic carbocycles. The van der Waals surface area contributed by atoms with Crippen molar-refractivity contribution in [3.63, 3.8) is 0 Å². The summed E-state index contributed by atoms with van der Waals surface area (Å²) in [6.45, 7) is 7.85. The summed E-state index contributed by atoms with van der Waals surface area (Å²) in [6.07, 6.45) is 2.57. The molecule has 8 heteroatoms. The van der Waals surface area contributed by atoms with Crippen molar-refractivity contribution in [2.24, 2.45) is 0 Å². The summed E-state index contributed by atoms with van der Waals surface area (Å²) >= 11 is 3.38. The Hall–Kier alpha value is -2.74. The zero-order valence-corrected chi connectivity index (χ0v) is 17.8. The van der Waals surface area contributed by atoms with Crippen LogP contribution < -0.4 is 10.1 Å². The number of halogens is 1. The summed E-state index contributed by atoms with van der Waals surface area (Å²) < 4.78 is 8.20. The highest BCUT2D eigenvalue weighted by molar-refractivity contribution is 9.10. The van der Waals surface area contributed by atoms with E-state index in [2.05, 4.69) is 57.1 Å². The van der Waals surface area contributed by atoms with Crippen molar-refractivity contribution < 1.29 is 9.53 Å². The normalized spacial score (nSPS) is 12.5. The van der Waals surface area contributed by atoms with Gasteiger partial charge in [-0.05, 0) is 37.3 Å². The lowest BCUT2D eigenvalue weighted by Crippen LogP contribution is -2.31. The van der Waals surface area contributed by atoms with Gasteiger partial charge in [0, 0.05) is 28.3 Å². The number of nitrogens with zero attached hydrogens (tertiary/aromatic N) is 4. The summed E-state index contributed by atoms with van der Waals surface area (Å²) in [5.41, 5.74) is 0.621. The quantitative estimate of drug-likeness (QED) is 0.640. The average molecular weight is 444 g/mol. The number of nitrogens with one attached hydrogen (secondary N) is 1. The number of carbonyl (C=O) groups is 1. The lowest BCUT2D eigenvalue weighted by Gasteiger charge is -2.15. The fraction of sp³-hybridized carbons (Fsp3) is 0.300. The van der Waals surface area contributed by atoms with Crippen LogP contribution in [0.4, 0.5) is 5.82 Å². The summed E-state index contributed by atoms with van der Waals surface area (Å²) in [5.74, 6) is 1.20. The molecule has 28 heavy (non-hydrogen) atoms. The van der Waals surface area contributed by atoms with E-state index >= 15 is 0 Å². The molecule has 0 aliphatic rings. The molecule has 1 atom stereocenters. The van der Waals surface area contributed by atoms with Gasteiger partial charge in [0.05, 0.1) is 5.69 Å². The molecule has 0 bridgehead atoms. The van der Waals surface area contributed by atoms with Crippen molar-refractivity contribution in [1.82, 2.24) is 19.7 Å². The van der Waals surface area contributed by atoms with Gasteiger partial charge in [0.1, 0.15) is 11.6 Å². The molecule has 1 aromatic carbocycles. The number of ether oxygens (including phenoxy) is 1. The largest absolute Gasteiger partial charge is 0.481 e. The smallest absolute Gasteiger partial charge is 0.266 e. The van der Waals surface area contributed by atoms with Gasteiger partial charge in [0.25, 0.3) is 11.9 Å². The predicted molar refractivity (Wildman–Crippen MR) is 111 cm³/mol. The van der Waals surface area contributed by atoms with Crippen molar-refractivity contribution in [2.45, 2.75) is 39.2 Å². The van der Waals surface area contributed by atoms with Crippen LogP contribution in [-0.4, -0.2) is 31.8 Å². The fourth-order valence-electron chi connectivity index (χ4n) is 2.39. The maximum atomic E-state index is 12.7. The number of amides is 1. The van der Waals surface area contributed by atoms with E-state index in [1.54, 1.807) is 37.5 Å². The monoisotopic (exact) mass is 443 g/mol. The second-order valence-corrected chi connectivity index (χ2v) is 8.24. The topological polar surface area (TPSA) is 81.9 Å². The molecule has 1 amide bonds. The summed E-state index contributed by atoms with van der Waals surface area (Å²) in [7, 11) is 0. The molecule has 0 radical (unpaired) electrons. The molecule has 0 aliphatic heterocycles.